The number of aryl methyl sites for hydroxylation is 1. The van der Waals surface area contributed by atoms with Crippen LogP contribution in [0.4, 0.5) is 0 Å². The van der Waals surface area contributed by atoms with E-state index in [9.17, 15) is 9.59 Å². The Morgan fingerprint density at radius 1 is 1.33 bits per heavy atom. The molecule has 0 saturated carbocycles. The zero-order valence-corrected chi connectivity index (χ0v) is 13.7. The van der Waals surface area contributed by atoms with E-state index >= 15 is 0 Å². The lowest BCUT2D eigenvalue weighted by atomic mass is 10.4. The Bertz CT molecular complexity index is 732. The number of hydrogen-bond acceptors (Lipinski definition) is 4. The van der Waals surface area contributed by atoms with Crippen LogP contribution in [0.5, 0.6) is 0 Å². The third-order valence-electron chi connectivity index (χ3n) is 3.17. The SMILES string of the molecule is CC(Cl)CNCCn1cnc2c1c(=O)n(C)c(=O)n2C.Cl. The van der Waals surface area contributed by atoms with Gasteiger partial charge in [-0.1, -0.05) is 0 Å². The Kier molecular flexibility index (Phi) is 6.00. The van der Waals surface area contributed by atoms with Crippen molar-refractivity contribution in [1.82, 2.24) is 24.0 Å². The van der Waals surface area contributed by atoms with Crippen molar-refractivity contribution in [2.24, 2.45) is 14.1 Å². The number of alkyl halides is 1. The number of fused-ring (bicyclic) bond motifs is 1. The first kappa shape index (κ1) is 17.7. The zero-order valence-electron chi connectivity index (χ0n) is 12.2. The van der Waals surface area contributed by atoms with Gasteiger partial charge in [-0.25, -0.2) is 9.78 Å². The molecule has 0 amide bonds. The standard InChI is InChI=1S/C12H18ClN5O2.ClH/c1-8(13)6-14-4-5-18-7-15-10-9(18)11(19)17(3)12(20)16(10)2;/h7-8,14H,4-6H2,1-3H3;1H. The van der Waals surface area contributed by atoms with Crippen LogP contribution in [0.15, 0.2) is 15.9 Å². The van der Waals surface area contributed by atoms with E-state index < -0.39 is 0 Å². The van der Waals surface area contributed by atoms with Crippen LogP contribution in [-0.2, 0) is 20.6 Å². The minimum atomic E-state index is -0.373. The molecule has 2 rings (SSSR count). The van der Waals surface area contributed by atoms with Crippen molar-refractivity contribution in [2.75, 3.05) is 13.1 Å². The summed E-state index contributed by atoms with van der Waals surface area (Å²) in [6, 6.07) is 0. The number of hydrogen-bond donors (Lipinski definition) is 1. The largest absolute Gasteiger partial charge is 0.332 e. The van der Waals surface area contributed by atoms with Gasteiger partial charge in [0.05, 0.1) is 6.33 Å². The van der Waals surface area contributed by atoms with Gasteiger partial charge in [-0.15, -0.1) is 24.0 Å². The van der Waals surface area contributed by atoms with Crippen molar-refractivity contribution in [3.05, 3.63) is 27.2 Å². The molecule has 7 nitrogen and oxygen atoms in total. The van der Waals surface area contributed by atoms with Gasteiger partial charge in [0.1, 0.15) is 0 Å². The van der Waals surface area contributed by atoms with E-state index in [0.29, 0.717) is 30.8 Å². The number of nitrogens with zero attached hydrogens (tertiary/aromatic N) is 4. The molecule has 1 atom stereocenters. The topological polar surface area (TPSA) is 73.8 Å². The van der Waals surface area contributed by atoms with E-state index in [1.807, 2.05) is 6.92 Å². The van der Waals surface area contributed by atoms with Crippen LogP contribution in [0.2, 0.25) is 0 Å². The molecule has 0 radical (unpaired) electrons. The lowest BCUT2D eigenvalue weighted by Crippen LogP contribution is -2.37. The minimum Gasteiger partial charge on any atom is -0.323 e. The predicted molar refractivity (Wildman–Crippen MR) is 85.6 cm³/mol. The van der Waals surface area contributed by atoms with Crippen LogP contribution >= 0.6 is 24.0 Å². The second-order valence-corrected chi connectivity index (χ2v) is 5.55. The average molecular weight is 336 g/mol. The highest BCUT2D eigenvalue weighted by Crippen LogP contribution is 2.04. The Hall–Kier alpha value is -1.31. The van der Waals surface area contributed by atoms with E-state index in [1.54, 1.807) is 17.9 Å². The molecule has 1 unspecified atom stereocenters. The fraction of sp³-hybridized carbons (Fsp3) is 0.583. The van der Waals surface area contributed by atoms with E-state index in [-0.39, 0.29) is 29.0 Å². The average Bonchev–Trinajstić information content (AvgIpc) is 2.82. The van der Waals surface area contributed by atoms with Gasteiger partial charge in [-0.3, -0.25) is 13.9 Å². The maximum Gasteiger partial charge on any atom is 0.332 e. The van der Waals surface area contributed by atoms with Gasteiger partial charge in [0.2, 0.25) is 0 Å². The quantitative estimate of drug-likeness (QED) is 0.620. The molecule has 0 aliphatic carbocycles. The molecule has 1 N–H and O–H groups in total. The highest BCUT2D eigenvalue weighted by molar-refractivity contribution is 6.20. The maximum absolute atomic E-state index is 12.2. The monoisotopic (exact) mass is 335 g/mol. The van der Waals surface area contributed by atoms with Gasteiger partial charge in [0.25, 0.3) is 5.56 Å². The second kappa shape index (κ2) is 7.11. The molecular formula is C12H19Cl2N5O2. The summed E-state index contributed by atoms with van der Waals surface area (Å²) in [5.74, 6) is 0. The molecule has 0 fully saturated rings. The van der Waals surface area contributed by atoms with Gasteiger partial charge >= 0.3 is 5.69 Å². The predicted octanol–water partition coefficient (Wildman–Crippen LogP) is 0.0724. The van der Waals surface area contributed by atoms with Gasteiger partial charge < -0.3 is 9.88 Å². The molecule has 2 aromatic rings. The summed E-state index contributed by atoms with van der Waals surface area (Å²) in [6.07, 6.45) is 1.58. The summed E-state index contributed by atoms with van der Waals surface area (Å²) in [7, 11) is 3.07. The van der Waals surface area contributed by atoms with Crippen LogP contribution in [0.1, 0.15) is 6.92 Å². The Morgan fingerprint density at radius 3 is 2.62 bits per heavy atom. The molecule has 0 aliphatic rings. The van der Waals surface area contributed by atoms with E-state index in [1.165, 1.54) is 11.6 Å². The van der Waals surface area contributed by atoms with Crippen LogP contribution in [0, 0.1) is 0 Å². The molecule has 0 aliphatic heterocycles. The number of aromatic nitrogens is 4. The van der Waals surface area contributed by atoms with E-state index in [2.05, 4.69) is 10.3 Å². The summed E-state index contributed by atoms with van der Waals surface area (Å²) >= 11 is 5.84. The first-order valence-corrected chi connectivity index (χ1v) is 6.82. The highest BCUT2D eigenvalue weighted by Gasteiger charge is 2.13. The number of rotatable bonds is 5. The Labute approximate surface area is 132 Å². The lowest BCUT2D eigenvalue weighted by molar-refractivity contribution is 0.601. The first-order chi connectivity index (χ1) is 9.43. The molecule has 0 saturated heterocycles. The van der Waals surface area contributed by atoms with Crippen molar-refractivity contribution in [1.29, 1.82) is 0 Å². The number of imidazole rings is 1. The molecule has 0 aromatic carbocycles. The van der Waals surface area contributed by atoms with Crippen molar-refractivity contribution in [3.63, 3.8) is 0 Å². The van der Waals surface area contributed by atoms with Gasteiger partial charge in [0.15, 0.2) is 11.2 Å². The van der Waals surface area contributed by atoms with Crippen molar-refractivity contribution >= 4 is 35.2 Å². The maximum atomic E-state index is 12.2. The lowest BCUT2D eigenvalue weighted by Gasteiger charge is -2.08. The zero-order chi connectivity index (χ0) is 14.9. The van der Waals surface area contributed by atoms with Crippen molar-refractivity contribution < 1.29 is 0 Å². The molecule has 0 bridgehead atoms. The molecule has 2 heterocycles. The van der Waals surface area contributed by atoms with Crippen LogP contribution < -0.4 is 16.6 Å². The molecule has 2 aromatic heterocycles. The molecular weight excluding hydrogens is 317 g/mol. The smallest absolute Gasteiger partial charge is 0.323 e. The first-order valence-electron chi connectivity index (χ1n) is 6.39. The van der Waals surface area contributed by atoms with Crippen LogP contribution in [0.25, 0.3) is 11.2 Å². The summed E-state index contributed by atoms with van der Waals surface area (Å²) in [4.78, 5) is 28.1. The summed E-state index contributed by atoms with van der Waals surface area (Å²) in [5, 5.41) is 3.25. The second-order valence-electron chi connectivity index (χ2n) is 4.80. The Balaban J connectivity index is 0.00000220. The van der Waals surface area contributed by atoms with Crippen LogP contribution in [0.3, 0.4) is 0 Å². The number of halogens is 2. The molecule has 118 valence electrons. The summed E-state index contributed by atoms with van der Waals surface area (Å²) in [6.45, 7) is 3.87. The minimum absolute atomic E-state index is 0. The van der Waals surface area contributed by atoms with E-state index in [0.717, 1.165) is 4.57 Å². The Morgan fingerprint density at radius 2 is 2.00 bits per heavy atom. The molecule has 21 heavy (non-hydrogen) atoms. The summed E-state index contributed by atoms with van der Waals surface area (Å²) < 4.78 is 4.22. The third-order valence-corrected chi connectivity index (χ3v) is 3.33. The van der Waals surface area contributed by atoms with Crippen molar-refractivity contribution in [2.45, 2.75) is 18.8 Å². The highest BCUT2D eigenvalue weighted by atomic mass is 35.5. The number of nitrogens with one attached hydrogen (secondary N) is 1. The fourth-order valence-electron chi connectivity index (χ4n) is 2.07. The van der Waals surface area contributed by atoms with E-state index in [4.69, 9.17) is 11.6 Å². The molecule has 0 spiro atoms. The van der Waals surface area contributed by atoms with Gasteiger partial charge in [-0.2, -0.15) is 0 Å². The van der Waals surface area contributed by atoms with Gasteiger partial charge in [-0.05, 0) is 6.92 Å². The third kappa shape index (κ3) is 3.48. The van der Waals surface area contributed by atoms with Crippen LogP contribution in [-0.4, -0.2) is 37.2 Å². The summed E-state index contributed by atoms with van der Waals surface area (Å²) in [5.41, 5.74) is 0.146. The van der Waals surface area contributed by atoms with Crippen molar-refractivity contribution in [3.8, 4) is 0 Å². The molecule has 9 heteroatoms. The fourth-order valence-corrected chi connectivity index (χ4v) is 2.18. The van der Waals surface area contributed by atoms with Gasteiger partial charge in [0, 0.05) is 39.1 Å². The normalized spacial score (nSPS) is 12.4.